The first-order chi connectivity index (χ1) is 6.90. The van der Waals surface area contributed by atoms with E-state index in [0.29, 0.717) is 0 Å². The van der Waals surface area contributed by atoms with E-state index in [9.17, 15) is 5.11 Å². The largest absolute Gasteiger partial charge is 0.851 e. The molecule has 0 spiro atoms. The number of nitrogens with one attached hydrogen (secondary N) is 1. The molecule has 72 valence electrons. The minimum absolute atomic E-state index is 0.0372. The van der Waals surface area contributed by atoms with E-state index in [4.69, 9.17) is 0 Å². The summed E-state index contributed by atoms with van der Waals surface area (Å²) in [7, 11) is 0. The average molecular weight is 208 g/mol. The third-order valence-corrected chi connectivity index (χ3v) is 3.61. The number of aromatic amines is 1. The van der Waals surface area contributed by atoms with Gasteiger partial charge < -0.3 is 10.1 Å². The van der Waals surface area contributed by atoms with Crippen molar-refractivity contribution in [2.45, 2.75) is 11.1 Å². The Bertz CT molecular complexity index is 483. The average Bonchev–Trinajstić information content (AvgIpc) is 2.82. The molecule has 1 aliphatic heterocycles. The highest BCUT2D eigenvalue weighted by Gasteiger charge is 2.28. The summed E-state index contributed by atoms with van der Waals surface area (Å²) >= 11 is 1.69. The fourth-order valence-corrected chi connectivity index (χ4v) is 2.88. The van der Waals surface area contributed by atoms with Crippen LogP contribution in [0.4, 0.5) is 0 Å². The Morgan fingerprint density at radius 3 is 3.43 bits per heavy atom. The zero-order valence-electron chi connectivity index (χ0n) is 7.30. The highest BCUT2D eigenvalue weighted by atomic mass is 32.2. The van der Waals surface area contributed by atoms with E-state index in [1.165, 1.54) is 0 Å². The second-order valence-electron chi connectivity index (χ2n) is 3.19. The number of H-pyrrole nitrogens is 1. The van der Waals surface area contributed by atoms with Gasteiger partial charge in [0.15, 0.2) is 10.5 Å². The second kappa shape index (κ2) is 2.93. The number of rotatable bonds is 1. The lowest BCUT2D eigenvalue weighted by molar-refractivity contribution is -0.761. The number of imidazole rings is 1. The summed E-state index contributed by atoms with van der Waals surface area (Å²) in [6.07, 6.45) is 3.34. The minimum Gasteiger partial charge on any atom is -0.851 e. The van der Waals surface area contributed by atoms with E-state index in [1.54, 1.807) is 24.4 Å². The highest BCUT2D eigenvalue weighted by molar-refractivity contribution is 7.99. The van der Waals surface area contributed by atoms with Gasteiger partial charge in [-0.2, -0.15) is 4.98 Å². The smallest absolute Gasteiger partial charge is 0.296 e. The van der Waals surface area contributed by atoms with Crippen molar-refractivity contribution in [3.05, 3.63) is 12.7 Å². The lowest BCUT2D eigenvalue weighted by Gasteiger charge is -2.09. The predicted octanol–water partition coefficient (Wildman–Crippen LogP) is -0.748. The molecule has 0 amide bonds. The van der Waals surface area contributed by atoms with Crippen LogP contribution in [-0.2, 0) is 0 Å². The summed E-state index contributed by atoms with van der Waals surface area (Å²) in [6, 6.07) is 0.0372. The summed E-state index contributed by atoms with van der Waals surface area (Å²) in [5.74, 6) is 0.837. The van der Waals surface area contributed by atoms with E-state index in [1.807, 2.05) is 4.57 Å². The van der Waals surface area contributed by atoms with E-state index < -0.39 is 0 Å². The molecule has 2 aromatic heterocycles. The molecule has 1 atom stereocenters. The molecular formula is C8H8N4OS. The molecule has 1 N–H and O–H groups in total. The fraction of sp³-hybridized carbons (Fsp3) is 0.375. The molecule has 0 bridgehead atoms. The van der Waals surface area contributed by atoms with Gasteiger partial charge in [-0.15, -0.1) is 0 Å². The van der Waals surface area contributed by atoms with Crippen LogP contribution in [0.15, 0.2) is 17.7 Å². The molecular weight excluding hydrogens is 200 g/mol. The van der Waals surface area contributed by atoms with Gasteiger partial charge >= 0.3 is 0 Å². The first-order valence-corrected chi connectivity index (χ1v) is 5.33. The van der Waals surface area contributed by atoms with Gasteiger partial charge in [0.1, 0.15) is 0 Å². The van der Waals surface area contributed by atoms with Crippen molar-refractivity contribution in [3.8, 4) is 0 Å². The van der Waals surface area contributed by atoms with Crippen LogP contribution >= 0.6 is 11.8 Å². The molecule has 3 rings (SSSR count). The molecule has 0 aliphatic carbocycles. The van der Waals surface area contributed by atoms with Crippen LogP contribution in [0, 0.1) is 0 Å². The normalized spacial score (nSPS) is 20.2. The van der Waals surface area contributed by atoms with Gasteiger partial charge in [0.2, 0.25) is 0 Å². The fourth-order valence-electron chi connectivity index (χ4n) is 1.63. The highest BCUT2D eigenvalue weighted by Crippen LogP contribution is 2.29. The van der Waals surface area contributed by atoms with E-state index in [-0.39, 0.29) is 12.6 Å². The zero-order valence-corrected chi connectivity index (χ0v) is 8.12. The molecule has 5 nitrogen and oxygen atoms in total. The quantitative estimate of drug-likeness (QED) is 0.494. The Labute approximate surface area is 84.2 Å². The summed E-state index contributed by atoms with van der Waals surface area (Å²) < 4.78 is 1.94. The van der Waals surface area contributed by atoms with Crippen LogP contribution in [0.1, 0.15) is 6.04 Å². The van der Waals surface area contributed by atoms with Crippen molar-refractivity contribution in [1.29, 1.82) is 0 Å². The SMILES string of the molecule is [O-]CC1CSc2c3[nH]cnc3nc[n+]21. The van der Waals surface area contributed by atoms with Crippen molar-refractivity contribution in [1.82, 2.24) is 15.0 Å². The van der Waals surface area contributed by atoms with Crippen LogP contribution in [0.3, 0.4) is 0 Å². The third-order valence-electron chi connectivity index (χ3n) is 2.37. The standard InChI is InChI=1S/C8H7N4OS/c13-1-5-2-14-8-6-7(10-3-9-6)11-4-12(5)8/h3-5H,1-2H2/q-1/p+1. The number of nitrogens with zero attached hydrogens (tertiary/aromatic N) is 3. The van der Waals surface area contributed by atoms with E-state index >= 15 is 0 Å². The lowest BCUT2D eigenvalue weighted by Crippen LogP contribution is -2.43. The first-order valence-electron chi connectivity index (χ1n) is 4.34. The summed E-state index contributed by atoms with van der Waals surface area (Å²) in [5, 5.41) is 12.0. The monoisotopic (exact) mass is 208 g/mol. The Morgan fingerprint density at radius 2 is 2.57 bits per heavy atom. The topological polar surface area (TPSA) is 68.5 Å². The maximum atomic E-state index is 10.9. The maximum absolute atomic E-state index is 10.9. The zero-order chi connectivity index (χ0) is 9.54. The molecule has 2 aromatic rings. The molecule has 0 aromatic carbocycles. The molecule has 0 saturated heterocycles. The van der Waals surface area contributed by atoms with E-state index in [0.717, 1.165) is 21.9 Å². The number of hydrogen-bond donors (Lipinski definition) is 1. The minimum atomic E-state index is -0.0913. The number of thioether (sulfide) groups is 1. The first kappa shape index (κ1) is 8.19. The van der Waals surface area contributed by atoms with Crippen LogP contribution in [0.2, 0.25) is 0 Å². The maximum Gasteiger partial charge on any atom is 0.296 e. The second-order valence-corrected chi connectivity index (χ2v) is 4.20. The van der Waals surface area contributed by atoms with Crippen LogP contribution in [0.5, 0.6) is 0 Å². The molecule has 1 unspecified atom stereocenters. The summed E-state index contributed by atoms with van der Waals surface area (Å²) in [4.78, 5) is 11.3. The number of fused-ring (bicyclic) bond motifs is 3. The van der Waals surface area contributed by atoms with Gasteiger partial charge in [-0.3, -0.25) is 0 Å². The molecule has 3 heterocycles. The summed E-state index contributed by atoms with van der Waals surface area (Å²) in [5.41, 5.74) is 1.66. The molecule has 0 saturated carbocycles. The van der Waals surface area contributed by atoms with Gasteiger partial charge in [0.25, 0.3) is 12.0 Å². The lowest BCUT2D eigenvalue weighted by atomic mass is 10.3. The van der Waals surface area contributed by atoms with Gasteiger partial charge in [-0.1, -0.05) is 18.4 Å². The molecule has 14 heavy (non-hydrogen) atoms. The van der Waals surface area contributed by atoms with Gasteiger partial charge in [-0.25, -0.2) is 4.57 Å². The summed E-state index contributed by atoms with van der Waals surface area (Å²) in [6.45, 7) is -0.0913. The Kier molecular flexibility index (Phi) is 1.71. The third kappa shape index (κ3) is 0.978. The Hall–Kier alpha value is -1.14. The van der Waals surface area contributed by atoms with Gasteiger partial charge in [-0.05, 0) is 4.98 Å². The van der Waals surface area contributed by atoms with E-state index in [2.05, 4.69) is 15.0 Å². The molecule has 0 fully saturated rings. The molecule has 0 radical (unpaired) electrons. The van der Waals surface area contributed by atoms with Gasteiger partial charge in [0, 0.05) is 5.75 Å². The van der Waals surface area contributed by atoms with Crippen molar-refractivity contribution in [2.75, 3.05) is 12.4 Å². The van der Waals surface area contributed by atoms with Crippen molar-refractivity contribution >= 4 is 22.9 Å². The Morgan fingerprint density at radius 1 is 1.64 bits per heavy atom. The van der Waals surface area contributed by atoms with Crippen LogP contribution in [0.25, 0.3) is 11.2 Å². The van der Waals surface area contributed by atoms with Crippen molar-refractivity contribution in [2.24, 2.45) is 0 Å². The predicted molar refractivity (Wildman–Crippen MR) is 48.7 cm³/mol. The van der Waals surface area contributed by atoms with Crippen molar-refractivity contribution in [3.63, 3.8) is 0 Å². The van der Waals surface area contributed by atoms with Crippen LogP contribution < -0.4 is 9.67 Å². The van der Waals surface area contributed by atoms with Gasteiger partial charge in [0.05, 0.1) is 12.4 Å². The molecule has 1 aliphatic rings. The van der Waals surface area contributed by atoms with Crippen LogP contribution in [-0.4, -0.2) is 27.3 Å². The van der Waals surface area contributed by atoms with Crippen molar-refractivity contribution < 1.29 is 9.67 Å². The number of hydrogen-bond acceptors (Lipinski definition) is 4. The number of aromatic nitrogens is 4. The molecule has 6 heteroatoms. The Balaban J connectivity index is 2.27.